The number of rotatable bonds is 11. The van der Waals surface area contributed by atoms with Crippen molar-refractivity contribution < 1.29 is 9.47 Å². The molecule has 1 aromatic rings. The topological polar surface area (TPSA) is 67.8 Å². The smallest absolute Gasteiger partial charge is 0.213 e. The second kappa shape index (κ2) is 11.8. The van der Waals surface area contributed by atoms with Gasteiger partial charge in [-0.15, -0.1) is 24.0 Å². The Morgan fingerprint density at radius 2 is 2.11 bits per heavy atom. The van der Waals surface area contributed by atoms with Crippen LogP contribution in [0.1, 0.15) is 51.0 Å². The molecule has 1 aromatic heterocycles. The first-order valence-corrected chi connectivity index (χ1v) is 10.3. The van der Waals surface area contributed by atoms with Gasteiger partial charge in [0, 0.05) is 39.1 Å². The number of methoxy groups -OCH3 is 1. The SMILES string of the molecule is CCNC(=NCc1ccc(OCC2CC2)nc1)NCC1(CCOC)CCC1.I. The van der Waals surface area contributed by atoms with Gasteiger partial charge in [0.25, 0.3) is 0 Å². The molecule has 0 unspecified atom stereocenters. The third kappa shape index (κ3) is 7.39. The number of aliphatic imine (C=N–C) groups is 1. The van der Waals surface area contributed by atoms with E-state index in [1.54, 1.807) is 7.11 Å². The molecule has 0 spiro atoms. The highest BCUT2D eigenvalue weighted by molar-refractivity contribution is 14.0. The van der Waals surface area contributed by atoms with Crippen molar-refractivity contribution in [2.45, 2.75) is 52.0 Å². The second-order valence-electron chi connectivity index (χ2n) is 7.90. The Morgan fingerprint density at radius 3 is 2.68 bits per heavy atom. The minimum atomic E-state index is 0. The zero-order valence-corrected chi connectivity index (χ0v) is 19.5. The normalized spacial score (nSPS) is 18.0. The molecule has 7 heteroatoms. The molecule has 2 aliphatic rings. The minimum Gasteiger partial charge on any atom is -0.477 e. The van der Waals surface area contributed by atoms with Gasteiger partial charge in [-0.2, -0.15) is 0 Å². The number of guanidine groups is 1. The number of aromatic nitrogens is 1. The summed E-state index contributed by atoms with van der Waals surface area (Å²) in [6.07, 6.45) is 9.42. The molecule has 3 rings (SSSR count). The second-order valence-corrected chi connectivity index (χ2v) is 7.90. The molecule has 0 saturated heterocycles. The van der Waals surface area contributed by atoms with Crippen LogP contribution in [-0.4, -0.2) is 44.4 Å². The van der Waals surface area contributed by atoms with Crippen LogP contribution in [0.25, 0.3) is 0 Å². The molecular formula is C21H35IN4O2. The number of ether oxygens (including phenoxy) is 2. The largest absolute Gasteiger partial charge is 0.477 e. The summed E-state index contributed by atoms with van der Waals surface area (Å²) in [4.78, 5) is 9.12. The first kappa shape index (κ1) is 23.2. The van der Waals surface area contributed by atoms with Crippen LogP contribution >= 0.6 is 24.0 Å². The maximum absolute atomic E-state index is 5.69. The lowest BCUT2D eigenvalue weighted by Gasteiger charge is -2.42. The van der Waals surface area contributed by atoms with E-state index in [0.29, 0.717) is 17.8 Å². The fourth-order valence-corrected chi connectivity index (χ4v) is 3.37. The maximum Gasteiger partial charge on any atom is 0.213 e. The average molecular weight is 502 g/mol. The van der Waals surface area contributed by atoms with E-state index >= 15 is 0 Å². The molecule has 2 saturated carbocycles. The number of halogens is 1. The van der Waals surface area contributed by atoms with Crippen LogP contribution in [0.4, 0.5) is 0 Å². The summed E-state index contributed by atoms with van der Waals surface area (Å²) in [5.74, 6) is 2.33. The molecule has 2 fully saturated rings. The zero-order chi connectivity index (χ0) is 19.0. The number of nitrogens with one attached hydrogen (secondary N) is 2. The summed E-state index contributed by atoms with van der Waals surface area (Å²) < 4.78 is 11.0. The highest BCUT2D eigenvalue weighted by Gasteiger charge is 2.36. The van der Waals surface area contributed by atoms with E-state index in [9.17, 15) is 0 Å². The van der Waals surface area contributed by atoms with Crippen molar-refractivity contribution in [2.75, 3.05) is 33.4 Å². The van der Waals surface area contributed by atoms with Crippen molar-refractivity contribution >= 4 is 29.9 Å². The van der Waals surface area contributed by atoms with Crippen LogP contribution in [0, 0.1) is 11.3 Å². The van der Waals surface area contributed by atoms with Gasteiger partial charge in [0.15, 0.2) is 5.96 Å². The van der Waals surface area contributed by atoms with Crippen molar-refractivity contribution in [1.82, 2.24) is 15.6 Å². The number of hydrogen-bond donors (Lipinski definition) is 2. The highest BCUT2D eigenvalue weighted by Crippen LogP contribution is 2.43. The number of pyridine rings is 1. The molecule has 0 aliphatic heterocycles. The quantitative estimate of drug-likeness (QED) is 0.274. The molecule has 0 atom stereocenters. The van der Waals surface area contributed by atoms with E-state index in [-0.39, 0.29) is 24.0 Å². The van der Waals surface area contributed by atoms with Crippen LogP contribution in [-0.2, 0) is 11.3 Å². The monoisotopic (exact) mass is 502 g/mol. The predicted molar refractivity (Wildman–Crippen MR) is 123 cm³/mol. The van der Waals surface area contributed by atoms with E-state index in [2.05, 4.69) is 22.5 Å². The summed E-state index contributed by atoms with van der Waals surface area (Å²) in [5.41, 5.74) is 1.46. The van der Waals surface area contributed by atoms with Crippen molar-refractivity contribution in [3.05, 3.63) is 23.9 Å². The number of nitrogens with zero attached hydrogens (tertiary/aromatic N) is 2. The fraction of sp³-hybridized carbons (Fsp3) is 0.714. The van der Waals surface area contributed by atoms with Gasteiger partial charge in [-0.3, -0.25) is 0 Å². The molecule has 1 heterocycles. The van der Waals surface area contributed by atoms with Crippen LogP contribution in [0.2, 0.25) is 0 Å². The van der Waals surface area contributed by atoms with Crippen molar-refractivity contribution in [3.8, 4) is 5.88 Å². The number of hydrogen-bond acceptors (Lipinski definition) is 4. The van der Waals surface area contributed by atoms with E-state index in [0.717, 1.165) is 50.2 Å². The van der Waals surface area contributed by atoms with E-state index in [4.69, 9.17) is 14.5 Å². The van der Waals surface area contributed by atoms with Gasteiger partial charge >= 0.3 is 0 Å². The van der Waals surface area contributed by atoms with Crippen molar-refractivity contribution in [1.29, 1.82) is 0 Å². The van der Waals surface area contributed by atoms with Gasteiger partial charge in [0.2, 0.25) is 5.88 Å². The van der Waals surface area contributed by atoms with Crippen LogP contribution in [0.15, 0.2) is 23.3 Å². The summed E-state index contributed by atoms with van der Waals surface area (Å²) in [5, 5.41) is 6.88. The maximum atomic E-state index is 5.69. The molecular weight excluding hydrogens is 467 g/mol. The Morgan fingerprint density at radius 1 is 1.29 bits per heavy atom. The van der Waals surface area contributed by atoms with E-state index in [1.807, 2.05) is 18.3 Å². The molecule has 0 amide bonds. The third-order valence-corrected chi connectivity index (χ3v) is 5.61. The lowest BCUT2D eigenvalue weighted by molar-refractivity contribution is 0.0732. The Bertz CT molecular complexity index is 601. The molecule has 28 heavy (non-hydrogen) atoms. The zero-order valence-electron chi connectivity index (χ0n) is 17.2. The predicted octanol–water partition coefficient (Wildman–Crippen LogP) is 3.75. The molecule has 6 nitrogen and oxygen atoms in total. The third-order valence-electron chi connectivity index (χ3n) is 5.61. The van der Waals surface area contributed by atoms with Gasteiger partial charge in [-0.1, -0.05) is 12.5 Å². The molecule has 158 valence electrons. The Hall–Kier alpha value is -1.09. The molecule has 2 N–H and O–H groups in total. The van der Waals surface area contributed by atoms with Gasteiger partial charge in [-0.05, 0) is 55.9 Å². The Kier molecular flexibility index (Phi) is 9.77. The molecule has 0 radical (unpaired) electrons. The lowest BCUT2D eigenvalue weighted by Crippen LogP contribution is -2.46. The Balaban J connectivity index is 0.00000280. The fourth-order valence-electron chi connectivity index (χ4n) is 3.37. The summed E-state index contributed by atoms with van der Waals surface area (Å²) in [6, 6.07) is 4.00. The van der Waals surface area contributed by atoms with Crippen LogP contribution < -0.4 is 15.4 Å². The summed E-state index contributed by atoms with van der Waals surface area (Å²) in [7, 11) is 1.78. The van der Waals surface area contributed by atoms with Crippen molar-refractivity contribution in [3.63, 3.8) is 0 Å². The van der Waals surface area contributed by atoms with Crippen LogP contribution in [0.5, 0.6) is 5.88 Å². The van der Waals surface area contributed by atoms with E-state index in [1.165, 1.54) is 32.1 Å². The summed E-state index contributed by atoms with van der Waals surface area (Å²) >= 11 is 0. The lowest BCUT2D eigenvalue weighted by atomic mass is 9.67. The van der Waals surface area contributed by atoms with Gasteiger partial charge < -0.3 is 20.1 Å². The summed E-state index contributed by atoms with van der Waals surface area (Å²) in [6.45, 7) is 6.13. The minimum absolute atomic E-state index is 0. The van der Waals surface area contributed by atoms with Crippen LogP contribution in [0.3, 0.4) is 0 Å². The average Bonchev–Trinajstić information content (AvgIpc) is 3.48. The van der Waals surface area contributed by atoms with Gasteiger partial charge in [-0.25, -0.2) is 9.98 Å². The Labute approximate surface area is 186 Å². The van der Waals surface area contributed by atoms with Gasteiger partial charge in [0.05, 0.1) is 13.2 Å². The molecule has 0 bridgehead atoms. The first-order valence-electron chi connectivity index (χ1n) is 10.3. The first-order chi connectivity index (χ1) is 13.2. The van der Waals surface area contributed by atoms with Crippen molar-refractivity contribution in [2.24, 2.45) is 16.3 Å². The molecule has 2 aliphatic carbocycles. The molecule has 0 aromatic carbocycles. The highest BCUT2D eigenvalue weighted by atomic mass is 127. The standard InChI is InChI=1S/C21H34N4O2.HI/c1-3-22-20(25-16-21(9-4-10-21)11-12-26-2)24-14-18-7-8-19(23-13-18)27-15-17-5-6-17;/h7-8,13,17H,3-6,9-12,14-16H2,1-2H3,(H2,22,24,25);1H. The van der Waals surface area contributed by atoms with Gasteiger partial charge in [0.1, 0.15) is 0 Å². The van der Waals surface area contributed by atoms with E-state index < -0.39 is 0 Å².